The molecule has 1 saturated heterocycles. The van der Waals surface area contributed by atoms with Crippen molar-refractivity contribution in [2.45, 2.75) is 39.2 Å². The number of piperidine rings is 1. The van der Waals surface area contributed by atoms with Crippen LogP contribution in [0, 0.1) is 5.92 Å². The van der Waals surface area contributed by atoms with E-state index in [1.165, 1.54) is 0 Å². The lowest BCUT2D eigenvalue weighted by Crippen LogP contribution is -2.48. The zero-order valence-corrected chi connectivity index (χ0v) is 11.1. The van der Waals surface area contributed by atoms with E-state index in [4.69, 9.17) is 0 Å². The van der Waals surface area contributed by atoms with Gasteiger partial charge in [0.25, 0.3) is 0 Å². The molecule has 0 aromatic rings. The average Bonchev–Trinajstić information content (AvgIpc) is 2.24. The second-order valence-corrected chi connectivity index (χ2v) is 5.56. The molecule has 0 spiro atoms. The lowest BCUT2D eigenvalue weighted by molar-refractivity contribution is -0.131. The summed E-state index contributed by atoms with van der Waals surface area (Å²) in [5.41, 5.74) is -0.305. The van der Waals surface area contributed by atoms with Crippen molar-refractivity contribution in [3.8, 4) is 0 Å². The van der Waals surface area contributed by atoms with Crippen molar-refractivity contribution in [2.24, 2.45) is 5.92 Å². The van der Waals surface area contributed by atoms with Gasteiger partial charge in [0.15, 0.2) is 0 Å². The van der Waals surface area contributed by atoms with Crippen LogP contribution >= 0.6 is 0 Å². The first kappa shape index (κ1) is 14.5. The van der Waals surface area contributed by atoms with Crippen molar-refractivity contribution < 1.29 is 14.4 Å². The molecule has 0 aromatic carbocycles. The van der Waals surface area contributed by atoms with E-state index in [0.29, 0.717) is 19.4 Å². The Balaban J connectivity index is 2.29. The van der Waals surface area contributed by atoms with Crippen molar-refractivity contribution in [1.29, 1.82) is 0 Å². The predicted molar refractivity (Wildman–Crippen MR) is 66.6 cm³/mol. The van der Waals surface area contributed by atoms with Crippen LogP contribution in [0.4, 0.5) is 0 Å². The standard InChI is InChI=1S/C12H21N3O3/c1-12(2,3)15-10(17)7-14-11(18)8-4-5-9(16)13-6-8/h8H,4-7H2,1-3H3,(H,13,16)(H,14,18)(H,15,17). The summed E-state index contributed by atoms with van der Waals surface area (Å²) in [5, 5.41) is 7.99. The molecular weight excluding hydrogens is 234 g/mol. The minimum atomic E-state index is -0.305. The number of rotatable bonds is 3. The van der Waals surface area contributed by atoms with Crippen molar-refractivity contribution in [3.05, 3.63) is 0 Å². The molecular formula is C12H21N3O3. The quantitative estimate of drug-likeness (QED) is 0.638. The van der Waals surface area contributed by atoms with Gasteiger partial charge in [-0.2, -0.15) is 0 Å². The van der Waals surface area contributed by atoms with E-state index in [9.17, 15) is 14.4 Å². The molecule has 6 heteroatoms. The third kappa shape index (κ3) is 5.16. The normalized spacial score (nSPS) is 19.9. The molecule has 0 aliphatic carbocycles. The first-order valence-corrected chi connectivity index (χ1v) is 6.13. The van der Waals surface area contributed by atoms with Gasteiger partial charge in [-0.1, -0.05) is 0 Å². The molecule has 1 fully saturated rings. The lowest BCUT2D eigenvalue weighted by atomic mass is 9.98. The van der Waals surface area contributed by atoms with Crippen molar-refractivity contribution in [3.63, 3.8) is 0 Å². The van der Waals surface area contributed by atoms with Crippen LogP contribution in [0.25, 0.3) is 0 Å². The molecule has 0 radical (unpaired) electrons. The first-order valence-electron chi connectivity index (χ1n) is 6.13. The molecule has 3 amide bonds. The molecule has 3 N–H and O–H groups in total. The lowest BCUT2D eigenvalue weighted by Gasteiger charge is -2.23. The van der Waals surface area contributed by atoms with Crippen molar-refractivity contribution in [1.82, 2.24) is 16.0 Å². The predicted octanol–water partition coefficient (Wildman–Crippen LogP) is -0.456. The Morgan fingerprint density at radius 3 is 2.56 bits per heavy atom. The number of nitrogens with one attached hydrogen (secondary N) is 3. The maximum atomic E-state index is 11.7. The fourth-order valence-electron chi connectivity index (χ4n) is 1.73. The Hall–Kier alpha value is -1.59. The van der Waals surface area contributed by atoms with Gasteiger partial charge in [0.2, 0.25) is 17.7 Å². The molecule has 1 atom stereocenters. The summed E-state index contributed by atoms with van der Waals surface area (Å²) in [4.78, 5) is 34.2. The fraction of sp³-hybridized carbons (Fsp3) is 0.750. The topological polar surface area (TPSA) is 87.3 Å². The SMILES string of the molecule is CC(C)(C)NC(=O)CNC(=O)C1CCC(=O)NC1. The van der Waals surface area contributed by atoms with Gasteiger partial charge in [-0.15, -0.1) is 0 Å². The second-order valence-electron chi connectivity index (χ2n) is 5.56. The summed E-state index contributed by atoms with van der Waals surface area (Å²) >= 11 is 0. The van der Waals surface area contributed by atoms with Gasteiger partial charge in [0.05, 0.1) is 12.5 Å². The third-order valence-electron chi connectivity index (χ3n) is 2.57. The molecule has 1 rings (SSSR count). The van der Waals surface area contributed by atoms with Crippen LogP contribution in [0.15, 0.2) is 0 Å². The molecule has 0 saturated carbocycles. The molecule has 0 bridgehead atoms. The highest BCUT2D eigenvalue weighted by Gasteiger charge is 2.24. The molecule has 1 aliphatic rings. The van der Waals surface area contributed by atoms with Crippen LogP contribution < -0.4 is 16.0 Å². The van der Waals surface area contributed by atoms with Crippen LogP contribution in [0.2, 0.25) is 0 Å². The Morgan fingerprint density at radius 1 is 1.39 bits per heavy atom. The molecule has 102 valence electrons. The molecule has 6 nitrogen and oxygen atoms in total. The van der Waals surface area contributed by atoms with E-state index in [1.807, 2.05) is 20.8 Å². The monoisotopic (exact) mass is 255 g/mol. The van der Waals surface area contributed by atoms with Gasteiger partial charge in [-0.25, -0.2) is 0 Å². The zero-order valence-electron chi connectivity index (χ0n) is 11.1. The van der Waals surface area contributed by atoms with E-state index < -0.39 is 0 Å². The number of hydrogen-bond donors (Lipinski definition) is 3. The van der Waals surface area contributed by atoms with Gasteiger partial charge in [-0.3, -0.25) is 14.4 Å². The highest BCUT2D eigenvalue weighted by Crippen LogP contribution is 2.10. The third-order valence-corrected chi connectivity index (χ3v) is 2.57. The number of amides is 3. The smallest absolute Gasteiger partial charge is 0.239 e. The largest absolute Gasteiger partial charge is 0.355 e. The van der Waals surface area contributed by atoms with E-state index in [1.54, 1.807) is 0 Å². The van der Waals surface area contributed by atoms with Crippen LogP contribution in [0.5, 0.6) is 0 Å². The number of carbonyl (C=O) groups excluding carboxylic acids is 3. The summed E-state index contributed by atoms with van der Waals surface area (Å²) in [7, 11) is 0. The number of hydrogen-bond acceptors (Lipinski definition) is 3. The molecule has 1 unspecified atom stereocenters. The van der Waals surface area contributed by atoms with Crippen LogP contribution in [-0.4, -0.2) is 36.3 Å². The van der Waals surface area contributed by atoms with Crippen LogP contribution in [-0.2, 0) is 14.4 Å². The van der Waals surface area contributed by atoms with Crippen molar-refractivity contribution >= 4 is 17.7 Å². The Kier molecular flexibility index (Phi) is 4.69. The summed E-state index contributed by atoms with van der Waals surface area (Å²) < 4.78 is 0. The summed E-state index contributed by atoms with van der Waals surface area (Å²) in [6.45, 7) is 5.96. The van der Waals surface area contributed by atoms with E-state index >= 15 is 0 Å². The summed E-state index contributed by atoms with van der Waals surface area (Å²) in [6, 6.07) is 0. The van der Waals surface area contributed by atoms with Gasteiger partial charge in [-0.05, 0) is 27.2 Å². The summed E-state index contributed by atoms with van der Waals surface area (Å²) in [5.74, 6) is -0.649. The van der Waals surface area contributed by atoms with Gasteiger partial charge >= 0.3 is 0 Å². The van der Waals surface area contributed by atoms with Gasteiger partial charge < -0.3 is 16.0 Å². The number of carbonyl (C=O) groups is 3. The summed E-state index contributed by atoms with van der Waals surface area (Å²) in [6.07, 6.45) is 0.908. The van der Waals surface area contributed by atoms with E-state index in [2.05, 4.69) is 16.0 Å². The second kappa shape index (κ2) is 5.84. The highest BCUT2D eigenvalue weighted by atomic mass is 16.2. The molecule has 1 heterocycles. The molecule has 1 aliphatic heterocycles. The van der Waals surface area contributed by atoms with Crippen molar-refractivity contribution in [2.75, 3.05) is 13.1 Å². The maximum Gasteiger partial charge on any atom is 0.239 e. The average molecular weight is 255 g/mol. The van der Waals surface area contributed by atoms with E-state index in [0.717, 1.165) is 0 Å². The molecule has 0 aromatic heterocycles. The van der Waals surface area contributed by atoms with E-state index in [-0.39, 0.29) is 35.7 Å². The molecule has 18 heavy (non-hydrogen) atoms. The first-order chi connectivity index (χ1) is 8.28. The zero-order chi connectivity index (χ0) is 13.8. The Labute approximate surface area is 107 Å². The Morgan fingerprint density at radius 2 is 2.06 bits per heavy atom. The fourth-order valence-corrected chi connectivity index (χ4v) is 1.73. The van der Waals surface area contributed by atoms with Crippen LogP contribution in [0.1, 0.15) is 33.6 Å². The maximum absolute atomic E-state index is 11.7. The minimum absolute atomic E-state index is 0.0236. The van der Waals surface area contributed by atoms with Gasteiger partial charge in [0, 0.05) is 18.5 Å². The van der Waals surface area contributed by atoms with Gasteiger partial charge in [0.1, 0.15) is 0 Å². The minimum Gasteiger partial charge on any atom is -0.355 e. The Bertz CT molecular complexity index is 337. The highest BCUT2D eigenvalue weighted by molar-refractivity contribution is 5.87. The van der Waals surface area contributed by atoms with Crippen LogP contribution in [0.3, 0.4) is 0 Å².